The number of carbonyl (C=O) groups is 4. The van der Waals surface area contributed by atoms with Crippen LogP contribution >= 0.6 is 0 Å². The SMILES string of the molecule is O.O.O.O=C([O-])C(=O)[O-].O=C([O-])C(=O)[O-].O=S(=O)([O-])[O-].O=S(=O)([O-])[O-].[Ca+2].[Ca+2].[Ca+2].[Ca+2]. The molecule has 0 heterocycles. The number of hydrogen-bond donors (Lipinski definition) is 0. The summed E-state index contributed by atoms with van der Waals surface area (Å²) >= 11 is 0. The minimum absolute atomic E-state index is 0. The summed E-state index contributed by atoms with van der Waals surface area (Å²) < 4.78 is 68.2. The minimum Gasteiger partial charge on any atom is -0.759 e. The molecular weight excluding hydrogens is 576 g/mol. The van der Waals surface area contributed by atoms with Crippen LogP contribution in [0.5, 0.6) is 0 Å². The van der Waals surface area contributed by atoms with E-state index in [2.05, 4.69) is 0 Å². The molecule has 0 radical (unpaired) electrons. The number of carbonyl (C=O) groups excluding carboxylic acids is 4. The molecule has 29 heavy (non-hydrogen) atoms. The van der Waals surface area contributed by atoms with Crippen molar-refractivity contribution in [1.82, 2.24) is 0 Å². The summed E-state index contributed by atoms with van der Waals surface area (Å²) in [5, 5.41) is 35.7. The van der Waals surface area contributed by atoms with Crippen molar-refractivity contribution in [1.29, 1.82) is 0 Å². The Bertz CT molecular complexity index is 502. The molecular formula is C4H6Ca4O19S2. The van der Waals surface area contributed by atoms with Crippen LogP contribution in [0, 0.1) is 0 Å². The van der Waals surface area contributed by atoms with Crippen LogP contribution in [0.3, 0.4) is 0 Å². The van der Waals surface area contributed by atoms with Crippen LogP contribution in [-0.2, 0) is 40.0 Å². The normalized spacial score (nSPS) is 7.03. The first-order chi connectivity index (χ1) is 9.29. The van der Waals surface area contributed by atoms with Crippen LogP contribution in [-0.4, -0.2) is 226 Å². The molecule has 0 aromatic heterocycles. The van der Waals surface area contributed by atoms with Gasteiger partial charge in [0, 0.05) is 20.8 Å². The Morgan fingerprint density at radius 2 is 0.448 bits per heavy atom. The molecule has 0 saturated heterocycles. The quantitative estimate of drug-likeness (QED) is 0.111. The number of rotatable bonds is 0. The Balaban J connectivity index is -0.0000000154. The molecule has 0 aromatic rings. The van der Waals surface area contributed by atoms with Gasteiger partial charge in [-0.3, -0.25) is 16.8 Å². The van der Waals surface area contributed by atoms with Crippen molar-refractivity contribution in [2.75, 3.05) is 0 Å². The van der Waals surface area contributed by atoms with Gasteiger partial charge in [0.1, 0.15) is 0 Å². The summed E-state index contributed by atoms with van der Waals surface area (Å²) in [5.74, 6) is -8.74. The van der Waals surface area contributed by atoms with Crippen molar-refractivity contribution >= 4 is 196 Å². The number of carboxylic acids is 4. The fourth-order valence-electron chi connectivity index (χ4n) is 0. The van der Waals surface area contributed by atoms with Gasteiger partial charge >= 0.3 is 151 Å². The average Bonchev–Trinajstić information content (AvgIpc) is 2.12. The van der Waals surface area contributed by atoms with Crippen molar-refractivity contribution in [3.05, 3.63) is 0 Å². The van der Waals surface area contributed by atoms with Crippen molar-refractivity contribution in [2.45, 2.75) is 0 Å². The smallest absolute Gasteiger partial charge is 0.759 e. The van der Waals surface area contributed by atoms with E-state index in [1.807, 2.05) is 0 Å². The molecule has 0 aliphatic heterocycles. The zero-order valence-electron chi connectivity index (χ0n) is 13.7. The second kappa shape index (κ2) is 37.8. The maximum Gasteiger partial charge on any atom is 2.00 e. The monoisotopic (exact) mass is 582 g/mol. The average molecular weight is 583 g/mol. The van der Waals surface area contributed by atoms with Gasteiger partial charge in [-0.1, -0.05) is 0 Å². The fourth-order valence-corrected chi connectivity index (χ4v) is 0. The van der Waals surface area contributed by atoms with Gasteiger partial charge in [-0.15, -0.1) is 0 Å². The van der Waals surface area contributed by atoms with E-state index < -0.39 is 44.7 Å². The van der Waals surface area contributed by atoms with Gasteiger partial charge < -0.3 is 74.2 Å². The summed E-state index contributed by atoms with van der Waals surface area (Å²) in [7, 11) is -10.3. The molecule has 6 N–H and O–H groups in total. The van der Waals surface area contributed by atoms with Crippen molar-refractivity contribution in [3.63, 3.8) is 0 Å². The van der Waals surface area contributed by atoms with E-state index in [0.717, 1.165) is 0 Å². The molecule has 156 valence electrons. The van der Waals surface area contributed by atoms with Gasteiger partial charge in [0.25, 0.3) is 0 Å². The first-order valence-electron chi connectivity index (χ1n) is 3.47. The predicted octanol–water partition coefficient (Wildman–Crippen LogP) is -13.7. The van der Waals surface area contributed by atoms with Gasteiger partial charge in [-0.2, -0.15) is 0 Å². The van der Waals surface area contributed by atoms with Crippen molar-refractivity contribution < 1.29 is 91.1 Å². The molecule has 19 nitrogen and oxygen atoms in total. The molecule has 0 aromatic carbocycles. The third-order valence-electron chi connectivity index (χ3n) is 0.333. The molecule has 0 aliphatic carbocycles. The Labute approximate surface area is 281 Å². The maximum absolute atomic E-state index is 8.93. The maximum atomic E-state index is 8.93. The predicted molar refractivity (Wildman–Crippen MR) is 74.8 cm³/mol. The van der Waals surface area contributed by atoms with Crippen molar-refractivity contribution in [3.8, 4) is 0 Å². The van der Waals surface area contributed by atoms with E-state index in [1.165, 1.54) is 0 Å². The molecule has 0 fully saturated rings. The van der Waals surface area contributed by atoms with Crippen LogP contribution in [0.15, 0.2) is 0 Å². The van der Waals surface area contributed by atoms with Crippen LogP contribution in [0.1, 0.15) is 0 Å². The van der Waals surface area contributed by atoms with Crippen LogP contribution < -0.4 is 20.4 Å². The molecule has 0 saturated carbocycles. The Kier molecular flexibility index (Phi) is 91.0. The molecule has 0 unspecified atom stereocenters. The van der Waals surface area contributed by atoms with Gasteiger partial charge in [0.05, 0.1) is 23.9 Å². The number of carboxylic acid groups (broad SMARTS) is 4. The summed E-state index contributed by atoms with van der Waals surface area (Å²) in [6.45, 7) is 0. The number of hydrogen-bond acceptors (Lipinski definition) is 16. The fraction of sp³-hybridized carbons (Fsp3) is 0. The summed E-state index contributed by atoms with van der Waals surface area (Å²) in [5.41, 5.74) is 0. The van der Waals surface area contributed by atoms with E-state index in [9.17, 15) is 0 Å². The van der Waals surface area contributed by atoms with Gasteiger partial charge in [-0.25, -0.2) is 0 Å². The third kappa shape index (κ3) is 224. The Morgan fingerprint density at radius 1 is 0.414 bits per heavy atom. The summed E-state index contributed by atoms with van der Waals surface area (Å²) in [6.07, 6.45) is 0. The second-order valence-corrected chi connectivity index (χ2v) is 3.60. The molecule has 0 amide bonds. The first kappa shape index (κ1) is 69.7. The van der Waals surface area contributed by atoms with E-state index >= 15 is 0 Å². The van der Waals surface area contributed by atoms with Gasteiger partial charge in [0.15, 0.2) is 0 Å². The molecule has 25 heteroatoms. The van der Waals surface area contributed by atoms with Gasteiger partial charge in [0.2, 0.25) is 0 Å². The van der Waals surface area contributed by atoms with Gasteiger partial charge in [-0.05, 0) is 0 Å². The second-order valence-electron chi connectivity index (χ2n) is 1.97. The Hall–Kier alpha value is 2.54. The molecule has 0 rings (SSSR count). The van der Waals surface area contributed by atoms with Crippen LogP contribution in [0.25, 0.3) is 0 Å². The van der Waals surface area contributed by atoms with E-state index in [-0.39, 0.29) is 167 Å². The molecule has 0 bridgehead atoms. The third-order valence-corrected chi connectivity index (χ3v) is 0.333. The largest absolute Gasteiger partial charge is 2.00 e. The first-order valence-corrected chi connectivity index (χ1v) is 6.13. The zero-order valence-corrected chi connectivity index (χ0v) is 24.1. The molecule has 0 atom stereocenters. The number of aliphatic carboxylic acids is 4. The van der Waals surface area contributed by atoms with Crippen LogP contribution in [0.2, 0.25) is 0 Å². The van der Waals surface area contributed by atoms with E-state index in [1.54, 1.807) is 0 Å². The summed E-state index contributed by atoms with van der Waals surface area (Å²) in [4.78, 5) is 35.7. The van der Waals surface area contributed by atoms with E-state index in [4.69, 9.17) is 74.7 Å². The Morgan fingerprint density at radius 3 is 0.448 bits per heavy atom. The molecule has 0 aliphatic rings. The van der Waals surface area contributed by atoms with Crippen LogP contribution in [0.4, 0.5) is 0 Å². The summed E-state index contributed by atoms with van der Waals surface area (Å²) in [6, 6.07) is 0. The minimum atomic E-state index is -5.17. The van der Waals surface area contributed by atoms with Crippen molar-refractivity contribution in [2.24, 2.45) is 0 Å². The van der Waals surface area contributed by atoms with E-state index in [0.29, 0.717) is 0 Å². The topological polar surface area (TPSA) is 416 Å². The molecule has 0 spiro atoms. The zero-order chi connectivity index (χ0) is 19.3. The standard InChI is InChI=1S/2C2H2O4.4Ca.2H2O4S.3H2O/c2*3-1(4)2(5)6;;;;;2*1-5(2,3)4;;;/h2*(H,3,4)(H,5,6);;;;;2*(H2,1,2,3,4);3*1H2/q;;4*+2;;;;;/p-8.